The Morgan fingerprint density at radius 3 is 2.40 bits per heavy atom. The van der Waals surface area contributed by atoms with Crippen LogP contribution in [0.3, 0.4) is 0 Å². The lowest BCUT2D eigenvalue weighted by Crippen LogP contribution is -1.96. The van der Waals surface area contributed by atoms with Crippen molar-refractivity contribution in [3.63, 3.8) is 0 Å². The van der Waals surface area contributed by atoms with Crippen LogP contribution in [-0.4, -0.2) is 6.21 Å². The standard InChI is InChI=1S/C21H17BrClNO/c1-15-2-9-19(10-3-15)24-13-17-6-11-21(20(23)12-17)25-14-16-4-7-18(22)8-5-16/h2-13H,14H2,1H3. The number of benzene rings is 3. The highest BCUT2D eigenvalue weighted by Crippen LogP contribution is 2.26. The van der Waals surface area contributed by atoms with Gasteiger partial charge < -0.3 is 4.74 Å². The van der Waals surface area contributed by atoms with Crippen LogP contribution in [-0.2, 0) is 6.61 Å². The van der Waals surface area contributed by atoms with E-state index in [1.807, 2.05) is 66.7 Å². The van der Waals surface area contributed by atoms with E-state index in [4.69, 9.17) is 16.3 Å². The average Bonchev–Trinajstić information content (AvgIpc) is 2.62. The summed E-state index contributed by atoms with van der Waals surface area (Å²) in [6.07, 6.45) is 1.80. The van der Waals surface area contributed by atoms with E-state index in [-0.39, 0.29) is 0 Å². The van der Waals surface area contributed by atoms with Gasteiger partial charge >= 0.3 is 0 Å². The van der Waals surface area contributed by atoms with E-state index < -0.39 is 0 Å². The van der Waals surface area contributed by atoms with Gasteiger partial charge in [-0.15, -0.1) is 0 Å². The molecule has 0 unspecified atom stereocenters. The smallest absolute Gasteiger partial charge is 0.138 e. The third-order valence-corrected chi connectivity index (χ3v) is 4.48. The molecule has 0 aliphatic carbocycles. The van der Waals surface area contributed by atoms with Gasteiger partial charge in [-0.1, -0.05) is 57.4 Å². The minimum Gasteiger partial charge on any atom is -0.487 e. The fraction of sp³-hybridized carbons (Fsp3) is 0.0952. The van der Waals surface area contributed by atoms with Gasteiger partial charge in [-0.3, -0.25) is 4.99 Å². The summed E-state index contributed by atoms with van der Waals surface area (Å²) in [5.74, 6) is 0.664. The van der Waals surface area contributed by atoms with E-state index >= 15 is 0 Å². The summed E-state index contributed by atoms with van der Waals surface area (Å²) in [6.45, 7) is 2.53. The van der Waals surface area contributed by atoms with Crippen molar-refractivity contribution in [1.29, 1.82) is 0 Å². The normalized spacial score (nSPS) is 11.0. The molecule has 4 heteroatoms. The van der Waals surface area contributed by atoms with Gasteiger partial charge in [-0.25, -0.2) is 0 Å². The predicted molar refractivity (Wildman–Crippen MR) is 108 cm³/mol. The van der Waals surface area contributed by atoms with E-state index in [9.17, 15) is 0 Å². The van der Waals surface area contributed by atoms with Crippen LogP contribution >= 0.6 is 27.5 Å². The van der Waals surface area contributed by atoms with Crippen LogP contribution in [0, 0.1) is 6.92 Å². The van der Waals surface area contributed by atoms with Gasteiger partial charge in [-0.2, -0.15) is 0 Å². The molecule has 0 aromatic heterocycles. The van der Waals surface area contributed by atoms with E-state index in [1.165, 1.54) is 5.56 Å². The monoisotopic (exact) mass is 413 g/mol. The molecule has 0 saturated heterocycles. The van der Waals surface area contributed by atoms with Crippen molar-refractivity contribution in [3.05, 3.63) is 92.9 Å². The molecule has 0 bridgehead atoms. The van der Waals surface area contributed by atoms with Crippen molar-refractivity contribution in [2.75, 3.05) is 0 Å². The largest absolute Gasteiger partial charge is 0.487 e. The molecule has 3 aromatic carbocycles. The third-order valence-electron chi connectivity index (χ3n) is 3.66. The highest BCUT2D eigenvalue weighted by molar-refractivity contribution is 9.10. The van der Waals surface area contributed by atoms with Gasteiger partial charge in [0.2, 0.25) is 0 Å². The number of aliphatic imine (C=N–C) groups is 1. The number of hydrogen-bond acceptors (Lipinski definition) is 2. The highest BCUT2D eigenvalue weighted by atomic mass is 79.9. The lowest BCUT2D eigenvalue weighted by atomic mass is 10.2. The molecule has 126 valence electrons. The molecule has 0 amide bonds. The van der Waals surface area contributed by atoms with Gasteiger partial charge in [0.15, 0.2) is 0 Å². The Kier molecular flexibility index (Phi) is 5.90. The van der Waals surface area contributed by atoms with E-state index in [1.54, 1.807) is 6.21 Å². The van der Waals surface area contributed by atoms with Gasteiger partial charge in [0.1, 0.15) is 12.4 Å². The Morgan fingerprint density at radius 2 is 1.72 bits per heavy atom. The van der Waals surface area contributed by atoms with Crippen LogP contribution in [0.4, 0.5) is 5.69 Å². The maximum absolute atomic E-state index is 6.33. The van der Waals surface area contributed by atoms with Crippen molar-refractivity contribution in [1.82, 2.24) is 0 Å². The second-order valence-corrected chi connectivity index (χ2v) is 7.02. The number of halogens is 2. The molecular formula is C21H17BrClNO. The van der Waals surface area contributed by atoms with Gasteiger partial charge in [0, 0.05) is 10.7 Å². The first kappa shape index (κ1) is 17.7. The van der Waals surface area contributed by atoms with Gasteiger partial charge in [0.05, 0.1) is 10.7 Å². The molecule has 0 N–H and O–H groups in total. The Hall–Kier alpha value is -2.10. The Bertz CT molecular complexity index is 873. The molecule has 25 heavy (non-hydrogen) atoms. The summed E-state index contributed by atoms with van der Waals surface area (Å²) in [6, 6.07) is 21.7. The molecule has 0 heterocycles. The fourth-order valence-electron chi connectivity index (χ4n) is 2.24. The zero-order chi connectivity index (χ0) is 17.6. The van der Waals surface area contributed by atoms with Crippen LogP contribution in [0.5, 0.6) is 5.75 Å². The Morgan fingerprint density at radius 1 is 1.00 bits per heavy atom. The fourth-order valence-corrected chi connectivity index (χ4v) is 2.74. The van der Waals surface area contributed by atoms with Crippen LogP contribution in [0.25, 0.3) is 0 Å². The van der Waals surface area contributed by atoms with Crippen LogP contribution < -0.4 is 4.74 Å². The Labute approximate surface area is 161 Å². The first-order valence-electron chi connectivity index (χ1n) is 7.88. The summed E-state index contributed by atoms with van der Waals surface area (Å²) < 4.78 is 6.85. The predicted octanol–water partition coefficient (Wildman–Crippen LogP) is 6.74. The number of aryl methyl sites for hydroxylation is 1. The number of hydrogen-bond donors (Lipinski definition) is 0. The molecule has 3 aromatic rings. The van der Waals surface area contributed by atoms with Crippen molar-refractivity contribution in [3.8, 4) is 5.75 Å². The van der Waals surface area contributed by atoms with E-state index in [0.29, 0.717) is 17.4 Å². The second-order valence-electron chi connectivity index (χ2n) is 5.70. The molecular weight excluding hydrogens is 398 g/mol. The van der Waals surface area contributed by atoms with Crippen molar-refractivity contribution in [2.45, 2.75) is 13.5 Å². The second kappa shape index (κ2) is 8.32. The zero-order valence-electron chi connectivity index (χ0n) is 13.7. The molecule has 2 nitrogen and oxygen atoms in total. The van der Waals surface area contributed by atoms with Crippen LogP contribution in [0.15, 0.2) is 76.2 Å². The summed E-state index contributed by atoms with van der Waals surface area (Å²) in [4.78, 5) is 4.46. The third kappa shape index (κ3) is 5.18. The topological polar surface area (TPSA) is 21.6 Å². The van der Waals surface area contributed by atoms with Gasteiger partial charge in [-0.05, 0) is 60.5 Å². The minimum absolute atomic E-state index is 0.476. The molecule has 3 rings (SSSR count). The van der Waals surface area contributed by atoms with Crippen molar-refractivity contribution >= 4 is 39.4 Å². The summed E-state index contributed by atoms with van der Waals surface area (Å²) in [5, 5.41) is 0.574. The van der Waals surface area contributed by atoms with Crippen molar-refractivity contribution < 1.29 is 4.74 Å². The summed E-state index contributed by atoms with van der Waals surface area (Å²) >= 11 is 9.75. The molecule has 0 spiro atoms. The van der Waals surface area contributed by atoms with E-state index in [2.05, 4.69) is 27.8 Å². The number of ether oxygens (including phenoxy) is 1. The van der Waals surface area contributed by atoms with Crippen LogP contribution in [0.2, 0.25) is 5.02 Å². The van der Waals surface area contributed by atoms with E-state index in [0.717, 1.165) is 21.3 Å². The molecule has 0 fully saturated rings. The first-order chi connectivity index (χ1) is 12.1. The molecule has 0 atom stereocenters. The minimum atomic E-state index is 0.476. The van der Waals surface area contributed by atoms with Crippen molar-refractivity contribution in [2.24, 2.45) is 4.99 Å². The lowest BCUT2D eigenvalue weighted by Gasteiger charge is -2.09. The molecule has 0 saturated carbocycles. The lowest BCUT2D eigenvalue weighted by molar-refractivity contribution is 0.306. The quantitative estimate of drug-likeness (QED) is 0.424. The molecule has 0 radical (unpaired) electrons. The number of rotatable bonds is 5. The highest BCUT2D eigenvalue weighted by Gasteiger charge is 2.03. The summed E-state index contributed by atoms with van der Waals surface area (Å²) in [7, 11) is 0. The first-order valence-corrected chi connectivity index (χ1v) is 9.05. The molecule has 0 aliphatic heterocycles. The maximum atomic E-state index is 6.33. The molecule has 0 aliphatic rings. The zero-order valence-corrected chi connectivity index (χ0v) is 16.1. The summed E-state index contributed by atoms with van der Waals surface area (Å²) in [5.41, 5.74) is 4.15. The van der Waals surface area contributed by atoms with Crippen LogP contribution in [0.1, 0.15) is 16.7 Å². The maximum Gasteiger partial charge on any atom is 0.138 e. The Balaban J connectivity index is 1.65. The average molecular weight is 415 g/mol. The SMILES string of the molecule is Cc1ccc(N=Cc2ccc(OCc3ccc(Br)cc3)c(Cl)c2)cc1. The number of nitrogens with zero attached hydrogens (tertiary/aromatic N) is 1. The van der Waals surface area contributed by atoms with Gasteiger partial charge in [0.25, 0.3) is 0 Å².